The van der Waals surface area contributed by atoms with Gasteiger partial charge in [-0.2, -0.15) is 9.78 Å². The highest BCUT2D eigenvalue weighted by molar-refractivity contribution is 6.38. The third kappa shape index (κ3) is 4.98. The van der Waals surface area contributed by atoms with Crippen molar-refractivity contribution in [3.05, 3.63) is 91.1 Å². The topological polar surface area (TPSA) is 102 Å². The van der Waals surface area contributed by atoms with E-state index in [9.17, 15) is 14.9 Å². The number of hydrogen-bond acceptors (Lipinski definition) is 5. The lowest BCUT2D eigenvalue weighted by Gasteiger charge is -2.04. The molecule has 3 aromatic rings. The minimum absolute atomic E-state index is 0.199. The van der Waals surface area contributed by atoms with E-state index in [0.29, 0.717) is 33.4 Å². The van der Waals surface area contributed by atoms with Gasteiger partial charge in [-0.05, 0) is 41.7 Å². The fourth-order valence-corrected chi connectivity index (χ4v) is 3.03. The molecule has 29 heavy (non-hydrogen) atoms. The van der Waals surface area contributed by atoms with Crippen LogP contribution in [0.2, 0.25) is 10.0 Å². The van der Waals surface area contributed by atoms with E-state index in [2.05, 4.69) is 15.6 Å². The predicted molar refractivity (Wildman–Crippen MR) is 111 cm³/mol. The van der Waals surface area contributed by atoms with Crippen molar-refractivity contribution in [1.29, 1.82) is 0 Å². The molecule has 8 nitrogen and oxygen atoms in total. The van der Waals surface area contributed by atoms with Gasteiger partial charge in [0.15, 0.2) is 0 Å². The molecule has 1 amide bonds. The summed E-state index contributed by atoms with van der Waals surface area (Å²) >= 11 is 12.1. The van der Waals surface area contributed by atoms with Crippen molar-refractivity contribution < 1.29 is 9.72 Å². The summed E-state index contributed by atoms with van der Waals surface area (Å²) in [6.45, 7) is 2.09. The van der Waals surface area contributed by atoms with Crippen molar-refractivity contribution in [1.82, 2.24) is 15.2 Å². The molecule has 3 rings (SSSR count). The Morgan fingerprint density at radius 1 is 1.24 bits per heavy atom. The van der Waals surface area contributed by atoms with Crippen LogP contribution in [0.15, 0.2) is 53.6 Å². The van der Waals surface area contributed by atoms with Crippen LogP contribution in [-0.4, -0.2) is 26.8 Å². The minimum atomic E-state index is -0.534. The van der Waals surface area contributed by atoms with Gasteiger partial charge in [-0.3, -0.25) is 4.79 Å². The number of aryl methyl sites for hydroxylation is 1. The fourth-order valence-electron chi connectivity index (χ4n) is 2.53. The Bertz CT molecular complexity index is 1070. The first kappa shape index (κ1) is 20.5. The molecule has 10 heteroatoms. The molecule has 0 fully saturated rings. The van der Waals surface area contributed by atoms with Gasteiger partial charge < -0.3 is 10.1 Å². The Hall–Kier alpha value is -3.23. The summed E-state index contributed by atoms with van der Waals surface area (Å²) in [6.07, 6.45) is 1.38. The standard InChI is InChI=1S/C19H15Cl2N5O3/c1-12-9-18(26(28)29)24-25(12)11-13-5-7-14(8-6-13)19(27)23-22-10-15-16(20)3-2-4-17(15)21/h2-10H,11H2,1H3,(H,23,27)/b22-10+. The molecule has 0 aliphatic carbocycles. The van der Waals surface area contributed by atoms with Crippen LogP contribution in [0, 0.1) is 17.0 Å². The SMILES string of the molecule is Cc1cc([N+](=O)[O-])nn1Cc1ccc(C(=O)N/N=C/c2c(Cl)cccc2Cl)cc1. The number of nitro groups is 1. The lowest BCUT2D eigenvalue weighted by atomic mass is 10.1. The summed E-state index contributed by atoms with van der Waals surface area (Å²) in [5.41, 5.74) is 4.84. The Balaban J connectivity index is 1.64. The Kier molecular flexibility index (Phi) is 6.26. The molecule has 0 saturated heterocycles. The summed E-state index contributed by atoms with van der Waals surface area (Å²) in [7, 11) is 0. The van der Waals surface area contributed by atoms with Gasteiger partial charge in [0, 0.05) is 11.1 Å². The number of benzene rings is 2. The van der Waals surface area contributed by atoms with Gasteiger partial charge >= 0.3 is 5.82 Å². The van der Waals surface area contributed by atoms with E-state index < -0.39 is 10.8 Å². The van der Waals surface area contributed by atoms with Crippen molar-refractivity contribution in [3.8, 4) is 0 Å². The van der Waals surface area contributed by atoms with Gasteiger partial charge in [0.25, 0.3) is 5.91 Å². The lowest BCUT2D eigenvalue weighted by Crippen LogP contribution is -2.17. The first-order chi connectivity index (χ1) is 13.8. The number of carbonyl (C=O) groups excluding carboxylic acids is 1. The van der Waals surface area contributed by atoms with Crippen molar-refractivity contribution in [2.45, 2.75) is 13.5 Å². The van der Waals surface area contributed by atoms with Crippen LogP contribution in [0.3, 0.4) is 0 Å². The Labute approximate surface area is 175 Å². The molecule has 1 heterocycles. The molecule has 0 radical (unpaired) electrons. The van der Waals surface area contributed by atoms with Crippen LogP contribution in [0.25, 0.3) is 0 Å². The highest BCUT2D eigenvalue weighted by Gasteiger charge is 2.15. The van der Waals surface area contributed by atoms with Crippen molar-refractivity contribution in [2.24, 2.45) is 5.10 Å². The predicted octanol–water partition coefficient (Wildman–Crippen LogP) is 4.22. The molecule has 0 spiro atoms. The molecule has 0 saturated carbocycles. The second-order valence-corrected chi connectivity index (χ2v) is 6.90. The van der Waals surface area contributed by atoms with Gasteiger partial charge in [0.1, 0.15) is 0 Å². The highest BCUT2D eigenvalue weighted by atomic mass is 35.5. The molecule has 0 aliphatic heterocycles. The third-order valence-corrected chi connectivity index (χ3v) is 4.72. The van der Waals surface area contributed by atoms with Gasteiger partial charge in [-0.25, -0.2) is 5.43 Å². The number of hydrazone groups is 1. The normalized spacial score (nSPS) is 11.0. The number of hydrogen-bond donors (Lipinski definition) is 1. The van der Waals surface area contributed by atoms with Crippen LogP contribution in [0.4, 0.5) is 5.82 Å². The average Bonchev–Trinajstić information content (AvgIpc) is 3.05. The molecule has 148 valence electrons. The molecule has 1 N–H and O–H groups in total. The summed E-state index contributed by atoms with van der Waals surface area (Å²) in [5, 5.41) is 19.5. The van der Waals surface area contributed by atoms with E-state index in [-0.39, 0.29) is 5.82 Å². The fraction of sp³-hybridized carbons (Fsp3) is 0.105. The van der Waals surface area contributed by atoms with Crippen molar-refractivity contribution in [2.75, 3.05) is 0 Å². The second-order valence-electron chi connectivity index (χ2n) is 6.09. The monoisotopic (exact) mass is 431 g/mol. The van der Waals surface area contributed by atoms with Crippen LogP contribution < -0.4 is 5.43 Å². The second kappa shape index (κ2) is 8.85. The molecular formula is C19H15Cl2N5O3. The summed E-state index contributed by atoms with van der Waals surface area (Å²) in [5.74, 6) is -0.600. The zero-order valence-corrected chi connectivity index (χ0v) is 16.7. The van der Waals surface area contributed by atoms with Crippen LogP contribution in [0.1, 0.15) is 27.2 Å². The molecule has 1 aromatic heterocycles. The van der Waals surface area contributed by atoms with Crippen molar-refractivity contribution in [3.63, 3.8) is 0 Å². The van der Waals surface area contributed by atoms with Crippen molar-refractivity contribution >= 4 is 41.1 Å². The van der Waals surface area contributed by atoms with E-state index in [1.165, 1.54) is 17.0 Å². The number of nitrogens with one attached hydrogen (secondary N) is 1. The Morgan fingerprint density at radius 2 is 1.90 bits per heavy atom. The van der Waals surface area contributed by atoms with E-state index in [4.69, 9.17) is 23.2 Å². The first-order valence-electron chi connectivity index (χ1n) is 8.40. The largest absolute Gasteiger partial charge is 0.390 e. The van der Waals surface area contributed by atoms with Gasteiger partial charge in [0.2, 0.25) is 0 Å². The van der Waals surface area contributed by atoms with Gasteiger partial charge in [-0.15, -0.1) is 0 Å². The molecule has 0 atom stereocenters. The number of rotatable bonds is 6. The zero-order valence-electron chi connectivity index (χ0n) is 15.2. The number of nitrogens with zero attached hydrogens (tertiary/aromatic N) is 4. The number of carbonyl (C=O) groups is 1. The first-order valence-corrected chi connectivity index (χ1v) is 9.16. The maximum absolute atomic E-state index is 12.2. The zero-order chi connectivity index (χ0) is 21.0. The number of halogens is 2. The molecular weight excluding hydrogens is 417 g/mol. The highest BCUT2D eigenvalue weighted by Crippen LogP contribution is 2.22. The third-order valence-electron chi connectivity index (χ3n) is 4.06. The number of amides is 1. The minimum Gasteiger partial charge on any atom is -0.358 e. The maximum atomic E-state index is 12.2. The average molecular weight is 432 g/mol. The van der Waals surface area contributed by atoms with E-state index >= 15 is 0 Å². The Morgan fingerprint density at radius 3 is 2.48 bits per heavy atom. The summed E-state index contributed by atoms with van der Waals surface area (Å²) in [6, 6.07) is 13.2. The molecule has 2 aromatic carbocycles. The van der Waals surface area contributed by atoms with Gasteiger partial charge in [0.05, 0.1) is 39.7 Å². The molecule has 0 bridgehead atoms. The maximum Gasteiger partial charge on any atom is 0.390 e. The van der Waals surface area contributed by atoms with E-state index in [0.717, 1.165) is 5.56 Å². The number of aromatic nitrogens is 2. The molecule has 0 unspecified atom stereocenters. The van der Waals surface area contributed by atoms with E-state index in [1.807, 2.05) is 0 Å². The summed E-state index contributed by atoms with van der Waals surface area (Å²) < 4.78 is 1.53. The smallest absolute Gasteiger partial charge is 0.358 e. The van der Waals surface area contributed by atoms with Gasteiger partial charge in [-0.1, -0.05) is 41.4 Å². The quantitative estimate of drug-likeness (QED) is 0.358. The van der Waals surface area contributed by atoms with E-state index in [1.54, 1.807) is 49.4 Å². The molecule has 0 aliphatic rings. The van der Waals surface area contributed by atoms with Crippen LogP contribution >= 0.6 is 23.2 Å². The summed E-state index contributed by atoms with van der Waals surface area (Å²) in [4.78, 5) is 22.5. The van der Waals surface area contributed by atoms with Crippen LogP contribution in [-0.2, 0) is 6.54 Å². The van der Waals surface area contributed by atoms with Crippen LogP contribution in [0.5, 0.6) is 0 Å². The lowest BCUT2D eigenvalue weighted by molar-refractivity contribution is -0.389.